The number of aromatic nitrogens is 1. The minimum Gasteiger partial charge on any atom is -0.289 e. The van der Waals surface area contributed by atoms with Crippen LogP contribution in [0.15, 0.2) is 133 Å². The van der Waals surface area contributed by atoms with Crippen molar-refractivity contribution in [2.45, 2.75) is 83.1 Å². The number of azo groups is 2. The maximum Gasteiger partial charge on any atom is 0.186 e. The van der Waals surface area contributed by atoms with Gasteiger partial charge in [-0.15, -0.1) is 20.5 Å². The first-order valence-electron chi connectivity index (χ1n) is 18.9. The Bertz CT molecular complexity index is 2210. The third kappa shape index (κ3) is 10.3. The van der Waals surface area contributed by atoms with Gasteiger partial charge in [0.15, 0.2) is 11.6 Å². The highest BCUT2D eigenvalue weighted by molar-refractivity contribution is 6.35. The Kier molecular flexibility index (Phi) is 13.0. The highest BCUT2D eigenvalue weighted by atomic mass is 35.5. The Morgan fingerprint density at radius 1 is 0.483 bits per heavy atom. The van der Waals surface area contributed by atoms with E-state index >= 15 is 0 Å². The Hall–Kier alpha value is -4.27. The fourth-order valence-corrected chi connectivity index (χ4v) is 6.95. The SMILES string of the molecule is CC(C)(C)C1=CC(=C(N=Nc2cc(Cl)ccc2Cl)c2cccc(C(N=Nc3cc(Cl)ccc3Cl)=C3C=C(C(C)(C)C)C(=O)C(C(C)(C)C)=C3)n2)C=C(C(C)(C)C)C1=O. The molecule has 7 nitrogen and oxygen atoms in total. The first kappa shape index (κ1) is 44.8. The average molecular weight is 858 g/mol. The number of benzene rings is 2. The highest BCUT2D eigenvalue weighted by Crippen LogP contribution is 2.43. The molecule has 58 heavy (non-hydrogen) atoms. The summed E-state index contributed by atoms with van der Waals surface area (Å²) in [5.74, 6) is -0.0528. The molecule has 5 rings (SSSR count). The number of halogens is 4. The predicted octanol–water partition coefficient (Wildman–Crippen LogP) is 15.7. The number of allylic oxidation sites excluding steroid dienone is 10. The molecule has 0 N–H and O–H groups in total. The molecule has 0 aliphatic heterocycles. The van der Waals surface area contributed by atoms with Gasteiger partial charge in [0.1, 0.15) is 22.8 Å². The lowest BCUT2D eigenvalue weighted by atomic mass is 9.71. The van der Waals surface area contributed by atoms with Crippen LogP contribution in [-0.4, -0.2) is 16.6 Å². The Morgan fingerprint density at radius 3 is 1.09 bits per heavy atom. The lowest BCUT2D eigenvalue weighted by Crippen LogP contribution is -2.28. The van der Waals surface area contributed by atoms with Crippen LogP contribution in [0.4, 0.5) is 11.4 Å². The zero-order valence-corrected chi connectivity index (χ0v) is 38.1. The minimum atomic E-state index is -0.493. The van der Waals surface area contributed by atoms with Crippen LogP contribution in [0.25, 0.3) is 11.4 Å². The molecule has 0 atom stereocenters. The number of hydrogen-bond acceptors (Lipinski definition) is 7. The lowest BCUT2D eigenvalue weighted by Gasteiger charge is -2.31. The number of ketones is 2. The van der Waals surface area contributed by atoms with Crippen LogP contribution in [0, 0.1) is 21.7 Å². The number of rotatable bonds is 6. The summed E-state index contributed by atoms with van der Waals surface area (Å²) in [6, 6.07) is 15.4. The smallest absolute Gasteiger partial charge is 0.186 e. The molecule has 0 amide bonds. The summed E-state index contributed by atoms with van der Waals surface area (Å²) < 4.78 is 0. The van der Waals surface area contributed by atoms with E-state index in [1.807, 2.05) is 126 Å². The van der Waals surface area contributed by atoms with Gasteiger partial charge in [0.25, 0.3) is 0 Å². The van der Waals surface area contributed by atoms with Gasteiger partial charge in [0.05, 0.1) is 21.4 Å². The molecule has 0 radical (unpaired) electrons. The molecule has 1 aromatic heterocycles. The summed E-state index contributed by atoms with van der Waals surface area (Å²) in [7, 11) is 0. The van der Waals surface area contributed by atoms with Gasteiger partial charge in [-0.05, 0) is 94.5 Å². The Balaban J connectivity index is 1.89. The van der Waals surface area contributed by atoms with Crippen LogP contribution in [0.1, 0.15) is 94.5 Å². The van der Waals surface area contributed by atoms with Gasteiger partial charge in [-0.1, -0.05) is 136 Å². The van der Waals surface area contributed by atoms with Crippen LogP contribution < -0.4 is 0 Å². The second-order valence-electron chi connectivity index (χ2n) is 18.5. The average Bonchev–Trinajstić information content (AvgIpc) is 3.10. The van der Waals surface area contributed by atoms with E-state index in [0.29, 0.717) is 87.7 Å². The molecule has 0 spiro atoms. The third-order valence-electron chi connectivity index (χ3n) is 9.52. The van der Waals surface area contributed by atoms with Crippen molar-refractivity contribution in [3.8, 4) is 0 Å². The molecule has 0 fully saturated rings. The van der Waals surface area contributed by atoms with Gasteiger partial charge in [-0.25, -0.2) is 4.98 Å². The van der Waals surface area contributed by atoms with Crippen LogP contribution >= 0.6 is 46.4 Å². The Labute approximate surface area is 362 Å². The monoisotopic (exact) mass is 855 g/mol. The van der Waals surface area contributed by atoms with E-state index in [4.69, 9.17) is 61.6 Å². The summed E-state index contributed by atoms with van der Waals surface area (Å²) in [6.45, 7) is 24.1. The molecule has 302 valence electrons. The van der Waals surface area contributed by atoms with Gasteiger partial charge in [-0.2, -0.15) is 0 Å². The molecule has 2 aliphatic carbocycles. The number of carbonyl (C=O) groups is 2. The van der Waals surface area contributed by atoms with Gasteiger partial charge in [-0.3, -0.25) is 9.59 Å². The van der Waals surface area contributed by atoms with Crippen molar-refractivity contribution in [3.05, 3.63) is 144 Å². The van der Waals surface area contributed by atoms with Crippen molar-refractivity contribution >= 4 is 80.7 Å². The topological polar surface area (TPSA) is 96.5 Å². The zero-order valence-electron chi connectivity index (χ0n) is 35.1. The van der Waals surface area contributed by atoms with Gasteiger partial charge < -0.3 is 0 Å². The molecule has 1 heterocycles. The first-order chi connectivity index (χ1) is 26.8. The second-order valence-corrected chi connectivity index (χ2v) is 20.2. The normalized spacial score (nSPS) is 15.9. The Morgan fingerprint density at radius 2 is 0.793 bits per heavy atom. The molecule has 11 heteroatoms. The number of carbonyl (C=O) groups excluding carboxylic acids is 2. The fraction of sp³-hybridized carbons (Fsp3) is 0.340. The number of nitrogens with zero attached hydrogens (tertiary/aromatic N) is 5. The second kappa shape index (κ2) is 16.8. The summed E-state index contributed by atoms with van der Waals surface area (Å²) in [6.07, 6.45) is 7.46. The predicted molar refractivity (Wildman–Crippen MR) is 240 cm³/mol. The molecular formula is C47H49Cl4N5O2. The van der Waals surface area contributed by atoms with Crippen molar-refractivity contribution in [2.24, 2.45) is 42.1 Å². The van der Waals surface area contributed by atoms with E-state index in [0.717, 1.165) is 0 Å². The summed E-state index contributed by atoms with van der Waals surface area (Å²) >= 11 is 25.8. The maximum absolute atomic E-state index is 14.0. The van der Waals surface area contributed by atoms with Crippen molar-refractivity contribution in [3.63, 3.8) is 0 Å². The molecule has 2 aliphatic rings. The van der Waals surface area contributed by atoms with Gasteiger partial charge in [0.2, 0.25) is 0 Å². The fourth-order valence-electron chi connectivity index (χ4n) is 6.30. The molecule has 2 aromatic carbocycles. The van der Waals surface area contributed by atoms with Crippen LogP contribution in [0.3, 0.4) is 0 Å². The van der Waals surface area contributed by atoms with Crippen LogP contribution in [0.2, 0.25) is 20.1 Å². The van der Waals surface area contributed by atoms with Crippen LogP contribution in [0.5, 0.6) is 0 Å². The first-order valence-corrected chi connectivity index (χ1v) is 20.4. The standard InChI is InChI=1S/C47H49Cl4N5O2/c1-44(2,3)30-20-26(21-31(42(30)57)45(4,5)6)40(55-53-38-24-28(48)16-18-34(38)50)36-14-13-15-37(52-36)41(56-54-39-25-29(49)17-19-35(39)51)27-22-32(46(7,8)9)43(58)33(23-27)47(10,11)12/h13-25H,1-12H3. The third-order valence-corrected chi connectivity index (χ3v) is 10.6. The minimum absolute atomic E-state index is 0.0264. The van der Waals surface area contributed by atoms with Gasteiger partial charge in [0, 0.05) is 43.5 Å². The summed E-state index contributed by atoms with van der Waals surface area (Å²) in [4.78, 5) is 33.2. The summed E-state index contributed by atoms with van der Waals surface area (Å²) in [5, 5.41) is 20.4. The van der Waals surface area contributed by atoms with Crippen molar-refractivity contribution in [1.82, 2.24) is 4.98 Å². The number of Topliss-reactive ketones (excluding diaryl/α,β-unsaturated/α-hetero) is 2. The molecular weight excluding hydrogens is 808 g/mol. The highest BCUT2D eigenvalue weighted by Gasteiger charge is 2.36. The van der Waals surface area contributed by atoms with E-state index in [9.17, 15) is 9.59 Å². The van der Waals surface area contributed by atoms with E-state index in [1.54, 1.807) is 36.4 Å². The van der Waals surface area contributed by atoms with E-state index in [-0.39, 0.29) is 11.6 Å². The van der Waals surface area contributed by atoms with E-state index in [2.05, 4.69) is 10.2 Å². The van der Waals surface area contributed by atoms with Crippen molar-refractivity contribution in [2.75, 3.05) is 0 Å². The molecule has 0 unspecified atom stereocenters. The molecule has 0 saturated carbocycles. The summed E-state index contributed by atoms with van der Waals surface area (Å²) in [5.41, 5.74) is 4.13. The quantitative estimate of drug-likeness (QED) is 0.231. The zero-order chi connectivity index (χ0) is 43.1. The molecule has 0 bridgehead atoms. The molecule has 3 aromatic rings. The maximum atomic E-state index is 14.0. The van der Waals surface area contributed by atoms with Gasteiger partial charge >= 0.3 is 0 Å². The van der Waals surface area contributed by atoms with Crippen molar-refractivity contribution < 1.29 is 9.59 Å². The largest absolute Gasteiger partial charge is 0.289 e. The van der Waals surface area contributed by atoms with E-state index < -0.39 is 21.7 Å². The van der Waals surface area contributed by atoms with Crippen molar-refractivity contribution in [1.29, 1.82) is 0 Å². The molecule has 0 saturated heterocycles. The number of hydrogen-bond donors (Lipinski definition) is 0. The van der Waals surface area contributed by atoms with E-state index in [1.165, 1.54) is 0 Å². The number of pyridine rings is 1. The lowest BCUT2D eigenvalue weighted by molar-refractivity contribution is -0.114. The van der Waals surface area contributed by atoms with Crippen LogP contribution in [-0.2, 0) is 9.59 Å².